The van der Waals surface area contributed by atoms with Crippen molar-refractivity contribution in [1.82, 2.24) is 0 Å². The third-order valence-electron chi connectivity index (χ3n) is 1.54. The quantitative estimate of drug-likeness (QED) is 0.725. The molecule has 1 amide bonds. The smallest absolute Gasteiger partial charge is 0.411 e. The lowest BCUT2D eigenvalue weighted by Crippen LogP contribution is -2.12. The first-order valence-electron chi connectivity index (χ1n) is 3.74. The van der Waals surface area contributed by atoms with Crippen molar-refractivity contribution in [1.29, 1.82) is 0 Å². The Morgan fingerprint density at radius 3 is 2.85 bits per heavy atom. The number of hydrogen-bond donors (Lipinski definition) is 1. The van der Waals surface area contributed by atoms with Gasteiger partial charge in [-0.3, -0.25) is 5.32 Å². The van der Waals surface area contributed by atoms with Crippen LogP contribution < -0.4 is 5.32 Å². The first-order valence-corrected chi connectivity index (χ1v) is 3.74. The van der Waals surface area contributed by atoms with Gasteiger partial charge < -0.3 is 4.74 Å². The summed E-state index contributed by atoms with van der Waals surface area (Å²) in [5.74, 6) is -0.476. The number of halogens is 1. The average Bonchev–Trinajstić information content (AvgIpc) is 2.11. The van der Waals surface area contributed by atoms with Crippen LogP contribution in [0.4, 0.5) is 14.9 Å². The van der Waals surface area contributed by atoms with Gasteiger partial charge in [-0.2, -0.15) is 0 Å². The molecule has 3 nitrogen and oxygen atoms in total. The SMILES string of the molecule is COC(=O)Nc1cc(C)ccc1F. The first-order chi connectivity index (χ1) is 6.13. The summed E-state index contributed by atoms with van der Waals surface area (Å²) in [6, 6.07) is 4.45. The van der Waals surface area contributed by atoms with E-state index in [9.17, 15) is 9.18 Å². The van der Waals surface area contributed by atoms with Crippen molar-refractivity contribution in [3.05, 3.63) is 29.6 Å². The molecule has 0 saturated carbocycles. The Kier molecular flexibility index (Phi) is 2.84. The van der Waals surface area contributed by atoms with E-state index in [4.69, 9.17) is 0 Å². The van der Waals surface area contributed by atoms with Gasteiger partial charge in [0.25, 0.3) is 0 Å². The molecule has 0 saturated heterocycles. The minimum absolute atomic E-state index is 0.131. The largest absolute Gasteiger partial charge is 0.453 e. The lowest BCUT2D eigenvalue weighted by Gasteiger charge is -2.05. The zero-order valence-corrected chi connectivity index (χ0v) is 7.43. The van der Waals surface area contributed by atoms with Gasteiger partial charge in [0, 0.05) is 0 Å². The minimum atomic E-state index is -0.676. The maximum absolute atomic E-state index is 13.0. The van der Waals surface area contributed by atoms with Crippen molar-refractivity contribution in [2.45, 2.75) is 6.92 Å². The van der Waals surface area contributed by atoms with Gasteiger partial charge in [0.15, 0.2) is 0 Å². The highest BCUT2D eigenvalue weighted by Crippen LogP contribution is 2.15. The number of carbonyl (C=O) groups excluding carboxylic acids is 1. The van der Waals surface area contributed by atoms with E-state index >= 15 is 0 Å². The molecule has 1 N–H and O–H groups in total. The Hall–Kier alpha value is -1.58. The molecule has 0 aliphatic heterocycles. The zero-order chi connectivity index (χ0) is 9.84. The molecule has 0 fully saturated rings. The van der Waals surface area contributed by atoms with Crippen LogP contribution in [0.25, 0.3) is 0 Å². The fourth-order valence-electron chi connectivity index (χ4n) is 0.896. The molecule has 0 aliphatic carbocycles. The van der Waals surface area contributed by atoms with Gasteiger partial charge in [-0.15, -0.1) is 0 Å². The molecule has 13 heavy (non-hydrogen) atoms. The van der Waals surface area contributed by atoms with Gasteiger partial charge in [-0.25, -0.2) is 9.18 Å². The predicted octanol–water partition coefficient (Wildman–Crippen LogP) is 2.31. The predicted molar refractivity (Wildman–Crippen MR) is 47.2 cm³/mol. The number of anilines is 1. The highest BCUT2D eigenvalue weighted by atomic mass is 19.1. The lowest BCUT2D eigenvalue weighted by atomic mass is 10.2. The summed E-state index contributed by atoms with van der Waals surface area (Å²) in [4.78, 5) is 10.7. The fraction of sp³-hybridized carbons (Fsp3) is 0.222. The summed E-state index contributed by atoms with van der Waals surface area (Å²) in [6.45, 7) is 1.81. The number of carbonyl (C=O) groups is 1. The Bertz CT molecular complexity index is 325. The van der Waals surface area contributed by atoms with Gasteiger partial charge in [0.05, 0.1) is 12.8 Å². The number of amides is 1. The average molecular weight is 183 g/mol. The van der Waals surface area contributed by atoms with E-state index in [1.807, 2.05) is 6.92 Å². The highest BCUT2D eigenvalue weighted by Gasteiger charge is 2.05. The van der Waals surface area contributed by atoms with Gasteiger partial charge >= 0.3 is 6.09 Å². The van der Waals surface area contributed by atoms with Gasteiger partial charge in [-0.1, -0.05) is 6.07 Å². The molecule has 0 aliphatic rings. The molecule has 0 spiro atoms. The van der Waals surface area contributed by atoms with E-state index < -0.39 is 11.9 Å². The van der Waals surface area contributed by atoms with Crippen LogP contribution in [0.5, 0.6) is 0 Å². The van der Waals surface area contributed by atoms with Crippen molar-refractivity contribution in [3.8, 4) is 0 Å². The van der Waals surface area contributed by atoms with E-state index in [2.05, 4.69) is 10.1 Å². The van der Waals surface area contributed by atoms with Crippen LogP contribution in [0.2, 0.25) is 0 Å². The van der Waals surface area contributed by atoms with Crippen LogP contribution in [-0.4, -0.2) is 13.2 Å². The molecule has 0 aromatic heterocycles. The maximum atomic E-state index is 13.0. The van der Waals surface area contributed by atoms with E-state index in [0.29, 0.717) is 0 Å². The van der Waals surface area contributed by atoms with Gasteiger partial charge in [-0.05, 0) is 24.6 Å². The van der Waals surface area contributed by atoms with Crippen LogP contribution in [0, 0.1) is 12.7 Å². The third-order valence-corrected chi connectivity index (χ3v) is 1.54. The number of nitrogens with one attached hydrogen (secondary N) is 1. The molecule has 70 valence electrons. The monoisotopic (exact) mass is 183 g/mol. The van der Waals surface area contributed by atoms with Crippen molar-refractivity contribution >= 4 is 11.8 Å². The number of benzene rings is 1. The number of hydrogen-bond acceptors (Lipinski definition) is 2. The zero-order valence-electron chi connectivity index (χ0n) is 7.43. The molecule has 0 bridgehead atoms. The number of rotatable bonds is 1. The molecule has 0 atom stereocenters. The van der Waals surface area contributed by atoms with Crippen molar-refractivity contribution < 1.29 is 13.9 Å². The third kappa shape index (κ3) is 2.43. The van der Waals surface area contributed by atoms with Crippen LogP contribution in [0.3, 0.4) is 0 Å². The Morgan fingerprint density at radius 1 is 1.54 bits per heavy atom. The number of ether oxygens (including phenoxy) is 1. The summed E-state index contributed by atoms with van der Waals surface area (Å²) in [5.41, 5.74) is 1.000. The molecular formula is C9H10FNO2. The van der Waals surface area contributed by atoms with E-state index in [-0.39, 0.29) is 5.69 Å². The minimum Gasteiger partial charge on any atom is -0.453 e. The maximum Gasteiger partial charge on any atom is 0.411 e. The van der Waals surface area contributed by atoms with Crippen molar-refractivity contribution in [2.24, 2.45) is 0 Å². The normalized spacial score (nSPS) is 9.46. The summed E-state index contributed by atoms with van der Waals surface area (Å²) < 4.78 is 17.3. The van der Waals surface area contributed by atoms with Crippen molar-refractivity contribution in [2.75, 3.05) is 12.4 Å². The van der Waals surface area contributed by atoms with Crippen molar-refractivity contribution in [3.63, 3.8) is 0 Å². The summed E-state index contributed by atoms with van der Waals surface area (Å²) in [6.07, 6.45) is -0.676. The summed E-state index contributed by atoms with van der Waals surface area (Å²) >= 11 is 0. The summed E-state index contributed by atoms with van der Waals surface area (Å²) in [5, 5.41) is 2.26. The Morgan fingerprint density at radius 2 is 2.23 bits per heavy atom. The van der Waals surface area contributed by atoms with Crippen LogP contribution in [0.1, 0.15) is 5.56 Å². The fourth-order valence-corrected chi connectivity index (χ4v) is 0.896. The first kappa shape index (κ1) is 9.51. The van der Waals surface area contributed by atoms with Crippen LogP contribution >= 0.6 is 0 Å². The van der Waals surface area contributed by atoms with Gasteiger partial charge in [0.2, 0.25) is 0 Å². The van der Waals surface area contributed by atoms with Crippen LogP contribution in [0.15, 0.2) is 18.2 Å². The standard InChI is InChI=1S/C9H10FNO2/c1-6-3-4-7(10)8(5-6)11-9(12)13-2/h3-5H,1-2H3,(H,11,12). The van der Waals surface area contributed by atoms with E-state index in [1.54, 1.807) is 6.07 Å². The molecule has 1 aromatic carbocycles. The molecule has 4 heteroatoms. The number of methoxy groups -OCH3 is 1. The van der Waals surface area contributed by atoms with Crippen LogP contribution in [-0.2, 0) is 4.74 Å². The summed E-state index contributed by atoms with van der Waals surface area (Å²) in [7, 11) is 1.23. The van der Waals surface area contributed by atoms with Gasteiger partial charge in [0.1, 0.15) is 5.82 Å². The number of aryl methyl sites for hydroxylation is 1. The van der Waals surface area contributed by atoms with E-state index in [1.165, 1.54) is 19.2 Å². The highest BCUT2D eigenvalue weighted by molar-refractivity contribution is 5.84. The molecular weight excluding hydrogens is 173 g/mol. The Balaban J connectivity index is 2.87. The molecule has 0 heterocycles. The Labute approximate surface area is 75.5 Å². The lowest BCUT2D eigenvalue weighted by molar-refractivity contribution is 0.187. The second kappa shape index (κ2) is 3.89. The second-order valence-electron chi connectivity index (χ2n) is 2.60. The van der Waals surface area contributed by atoms with E-state index in [0.717, 1.165) is 5.56 Å². The molecule has 0 radical (unpaired) electrons. The second-order valence-corrected chi connectivity index (χ2v) is 2.60. The molecule has 1 aromatic rings. The molecule has 0 unspecified atom stereocenters. The molecule has 1 rings (SSSR count). The topological polar surface area (TPSA) is 38.3 Å².